The number of ether oxygens (including phenoxy) is 1. The first kappa shape index (κ1) is 17.9. The standard InChI is InChI=1S/C16H35NO/c1-4-5-6-7-8-9-10-12-17-13-15-18-14-11-16(2)3/h16-17H,4-15H2,1-3H3. The fourth-order valence-electron chi connectivity index (χ4n) is 1.90. The number of nitrogens with one attached hydrogen (secondary N) is 1. The maximum absolute atomic E-state index is 5.55. The summed E-state index contributed by atoms with van der Waals surface area (Å²) in [4.78, 5) is 0. The van der Waals surface area contributed by atoms with Gasteiger partial charge in [-0.25, -0.2) is 0 Å². The van der Waals surface area contributed by atoms with E-state index in [0.717, 1.165) is 32.2 Å². The SMILES string of the molecule is CCCCCCCCCNCCOCCC(C)C. The molecule has 0 fully saturated rings. The smallest absolute Gasteiger partial charge is 0.0590 e. The van der Waals surface area contributed by atoms with Crippen LogP contribution in [0.1, 0.15) is 72.1 Å². The van der Waals surface area contributed by atoms with Crippen molar-refractivity contribution >= 4 is 0 Å². The zero-order valence-corrected chi connectivity index (χ0v) is 13.0. The summed E-state index contributed by atoms with van der Waals surface area (Å²) in [6, 6.07) is 0. The van der Waals surface area contributed by atoms with E-state index in [9.17, 15) is 0 Å². The van der Waals surface area contributed by atoms with E-state index in [1.54, 1.807) is 0 Å². The molecule has 0 aliphatic rings. The molecule has 1 N–H and O–H groups in total. The molecular formula is C16H35NO. The van der Waals surface area contributed by atoms with Crippen LogP contribution in [-0.2, 0) is 4.74 Å². The molecule has 0 aromatic heterocycles. The maximum Gasteiger partial charge on any atom is 0.0590 e. The molecular weight excluding hydrogens is 222 g/mol. The van der Waals surface area contributed by atoms with E-state index in [-0.39, 0.29) is 0 Å². The number of hydrogen-bond acceptors (Lipinski definition) is 2. The summed E-state index contributed by atoms with van der Waals surface area (Å²) < 4.78 is 5.55. The largest absolute Gasteiger partial charge is 0.380 e. The van der Waals surface area contributed by atoms with Crippen molar-refractivity contribution in [2.45, 2.75) is 72.1 Å². The van der Waals surface area contributed by atoms with Gasteiger partial charge in [0.15, 0.2) is 0 Å². The molecule has 0 aromatic rings. The molecule has 2 heteroatoms. The summed E-state index contributed by atoms with van der Waals surface area (Å²) in [6.45, 7) is 10.7. The van der Waals surface area contributed by atoms with Crippen LogP contribution in [0, 0.1) is 5.92 Å². The van der Waals surface area contributed by atoms with Gasteiger partial charge in [0.25, 0.3) is 0 Å². The highest BCUT2D eigenvalue weighted by Crippen LogP contribution is 2.06. The van der Waals surface area contributed by atoms with Crippen molar-refractivity contribution in [3.63, 3.8) is 0 Å². The Morgan fingerprint density at radius 3 is 2.17 bits per heavy atom. The van der Waals surface area contributed by atoms with Crippen LogP contribution in [-0.4, -0.2) is 26.3 Å². The molecule has 2 nitrogen and oxygen atoms in total. The van der Waals surface area contributed by atoms with Gasteiger partial charge in [-0.3, -0.25) is 0 Å². The van der Waals surface area contributed by atoms with Crippen LogP contribution in [0.25, 0.3) is 0 Å². The molecule has 0 unspecified atom stereocenters. The highest BCUT2D eigenvalue weighted by atomic mass is 16.5. The van der Waals surface area contributed by atoms with Gasteiger partial charge >= 0.3 is 0 Å². The Bertz CT molecular complexity index is 148. The summed E-state index contributed by atoms with van der Waals surface area (Å²) in [5.41, 5.74) is 0. The predicted molar refractivity (Wildman–Crippen MR) is 81.1 cm³/mol. The van der Waals surface area contributed by atoms with Crippen molar-refractivity contribution in [3.05, 3.63) is 0 Å². The van der Waals surface area contributed by atoms with Crippen molar-refractivity contribution in [2.75, 3.05) is 26.3 Å². The number of unbranched alkanes of at least 4 members (excludes halogenated alkanes) is 6. The van der Waals surface area contributed by atoms with Crippen LogP contribution < -0.4 is 5.32 Å². The summed E-state index contributed by atoms with van der Waals surface area (Å²) in [7, 11) is 0. The monoisotopic (exact) mass is 257 g/mol. The van der Waals surface area contributed by atoms with Crippen LogP contribution in [0.4, 0.5) is 0 Å². The molecule has 0 atom stereocenters. The van der Waals surface area contributed by atoms with E-state index >= 15 is 0 Å². The Balaban J connectivity index is 2.90. The quantitative estimate of drug-likeness (QED) is 0.466. The molecule has 0 bridgehead atoms. The third kappa shape index (κ3) is 15.9. The van der Waals surface area contributed by atoms with E-state index in [4.69, 9.17) is 4.74 Å². The lowest BCUT2D eigenvalue weighted by molar-refractivity contribution is 0.125. The Labute approximate surface area is 115 Å². The van der Waals surface area contributed by atoms with Gasteiger partial charge in [0.05, 0.1) is 6.61 Å². The van der Waals surface area contributed by atoms with Crippen LogP contribution in [0.5, 0.6) is 0 Å². The summed E-state index contributed by atoms with van der Waals surface area (Å²) >= 11 is 0. The van der Waals surface area contributed by atoms with Crippen LogP contribution in [0.2, 0.25) is 0 Å². The second-order valence-electron chi connectivity index (χ2n) is 5.67. The van der Waals surface area contributed by atoms with Crippen LogP contribution in [0.3, 0.4) is 0 Å². The zero-order chi connectivity index (χ0) is 13.5. The summed E-state index contributed by atoms with van der Waals surface area (Å²) in [5.74, 6) is 0.755. The molecule has 0 aromatic carbocycles. The minimum absolute atomic E-state index is 0.755. The fourth-order valence-corrected chi connectivity index (χ4v) is 1.90. The van der Waals surface area contributed by atoms with Crippen molar-refractivity contribution in [1.29, 1.82) is 0 Å². The zero-order valence-electron chi connectivity index (χ0n) is 13.0. The number of rotatable bonds is 14. The van der Waals surface area contributed by atoms with E-state index in [2.05, 4.69) is 26.1 Å². The lowest BCUT2D eigenvalue weighted by Gasteiger charge is -2.07. The second kappa shape index (κ2) is 15.0. The Kier molecular flexibility index (Phi) is 14.9. The minimum Gasteiger partial charge on any atom is -0.380 e. The first-order valence-electron chi connectivity index (χ1n) is 8.05. The average Bonchev–Trinajstić information content (AvgIpc) is 2.34. The Morgan fingerprint density at radius 1 is 0.833 bits per heavy atom. The molecule has 0 radical (unpaired) electrons. The van der Waals surface area contributed by atoms with Gasteiger partial charge in [0.2, 0.25) is 0 Å². The van der Waals surface area contributed by atoms with Crippen molar-refractivity contribution in [3.8, 4) is 0 Å². The molecule has 18 heavy (non-hydrogen) atoms. The molecule has 0 heterocycles. The Morgan fingerprint density at radius 2 is 1.50 bits per heavy atom. The molecule has 110 valence electrons. The van der Waals surface area contributed by atoms with Gasteiger partial charge in [-0.15, -0.1) is 0 Å². The maximum atomic E-state index is 5.55. The predicted octanol–water partition coefficient (Wildman–Crippen LogP) is 4.39. The summed E-state index contributed by atoms with van der Waals surface area (Å²) in [5, 5.41) is 3.45. The topological polar surface area (TPSA) is 21.3 Å². The molecule has 0 saturated carbocycles. The number of hydrogen-bond donors (Lipinski definition) is 1. The third-order valence-corrected chi connectivity index (χ3v) is 3.22. The van der Waals surface area contributed by atoms with Gasteiger partial charge < -0.3 is 10.1 Å². The molecule has 0 saturated heterocycles. The molecule has 0 rings (SSSR count). The van der Waals surface area contributed by atoms with E-state index in [1.165, 1.54) is 51.4 Å². The highest BCUT2D eigenvalue weighted by Gasteiger charge is 1.94. The fraction of sp³-hybridized carbons (Fsp3) is 1.00. The van der Waals surface area contributed by atoms with E-state index in [1.807, 2.05) is 0 Å². The van der Waals surface area contributed by atoms with E-state index < -0.39 is 0 Å². The van der Waals surface area contributed by atoms with Gasteiger partial charge in [0.1, 0.15) is 0 Å². The molecule has 0 amide bonds. The first-order chi connectivity index (χ1) is 8.77. The van der Waals surface area contributed by atoms with Gasteiger partial charge in [-0.05, 0) is 25.3 Å². The van der Waals surface area contributed by atoms with Crippen LogP contribution in [0.15, 0.2) is 0 Å². The lowest BCUT2D eigenvalue weighted by atomic mass is 10.1. The average molecular weight is 257 g/mol. The van der Waals surface area contributed by atoms with Gasteiger partial charge in [0, 0.05) is 13.2 Å². The minimum atomic E-state index is 0.755. The van der Waals surface area contributed by atoms with E-state index in [0.29, 0.717) is 0 Å². The second-order valence-corrected chi connectivity index (χ2v) is 5.67. The third-order valence-electron chi connectivity index (χ3n) is 3.22. The normalized spacial score (nSPS) is 11.3. The van der Waals surface area contributed by atoms with Crippen molar-refractivity contribution in [2.24, 2.45) is 5.92 Å². The van der Waals surface area contributed by atoms with Crippen molar-refractivity contribution < 1.29 is 4.74 Å². The Hall–Kier alpha value is -0.0800. The van der Waals surface area contributed by atoms with Crippen LogP contribution >= 0.6 is 0 Å². The lowest BCUT2D eigenvalue weighted by Crippen LogP contribution is -2.21. The van der Waals surface area contributed by atoms with Gasteiger partial charge in [-0.2, -0.15) is 0 Å². The van der Waals surface area contributed by atoms with Gasteiger partial charge in [-0.1, -0.05) is 59.3 Å². The molecule has 0 spiro atoms. The molecule has 0 aliphatic carbocycles. The highest BCUT2D eigenvalue weighted by molar-refractivity contribution is 4.50. The molecule has 0 aliphatic heterocycles. The summed E-state index contributed by atoms with van der Waals surface area (Å²) in [6.07, 6.45) is 10.9. The first-order valence-corrected chi connectivity index (χ1v) is 8.05. The van der Waals surface area contributed by atoms with Crippen molar-refractivity contribution in [1.82, 2.24) is 5.32 Å².